The van der Waals surface area contributed by atoms with Crippen LogP contribution in [0.5, 0.6) is 0 Å². The van der Waals surface area contributed by atoms with Gasteiger partial charge >= 0.3 is 0 Å². The molecule has 1 aromatic rings. The van der Waals surface area contributed by atoms with Crippen molar-refractivity contribution in [3.8, 4) is 6.07 Å². The molecule has 2 rings (SSSR count). The first-order valence-electron chi connectivity index (χ1n) is 5.13. The number of rotatable bonds is 1. The predicted octanol–water partition coefficient (Wildman–Crippen LogP) is 0.278. The Bertz CT molecular complexity index is 452. The Morgan fingerprint density at radius 3 is 3.25 bits per heavy atom. The second kappa shape index (κ2) is 4.19. The molecule has 1 unspecified atom stereocenters. The number of carbonyl (C=O) groups excluding carboxylic acids is 1. The lowest BCUT2D eigenvalue weighted by Gasteiger charge is -2.34. The molecule has 0 aliphatic carbocycles. The maximum atomic E-state index is 11.5. The van der Waals surface area contributed by atoms with Crippen LogP contribution in [0.3, 0.4) is 0 Å². The van der Waals surface area contributed by atoms with E-state index in [1.165, 1.54) is 0 Å². The van der Waals surface area contributed by atoms with Crippen molar-refractivity contribution in [3.05, 3.63) is 24.0 Å². The number of hydrogen-bond donors (Lipinski definition) is 1. The van der Waals surface area contributed by atoms with Crippen LogP contribution in [0.25, 0.3) is 0 Å². The number of nitriles is 1. The van der Waals surface area contributed by atoms with Crippen molar-refractivity contribution in [2.45, 2.75) is 13.0 Å². The first kappa shape index (κ1) is 10.4. The lowest BCUT2D eigenvalue weighted by Crippen LogP contribution is -2.54. The molecule has 0 aromatic carbocycles. The van der Waals surface area contributed by atoms with Crippen LogP contribution in [-0.4, -0.2) is 30.0 Å². The van der Waals surface area contributed by atoms with Crippen LogP contribution in [0, 0.1) is 11.3 Å². The van der Waals surface area contributed by atoms with Gasteiger partial charge in [-0.1, -0.05) is 0 Å². The topological polar surface area (TPSA) is 69.0 Å². The zero-order chi connectivity index (χ0) is 11.5. The zero-order valence-electron chi connectivity index (χ0n) is 8.97. The van der Waals surface area contributed by atoms with Gasteiger partial charge in [0.15, 0.2) is 0 Å². The first-order chi connectivity index (χ1) is 7.72. The van der Waals surface area contributed by atoms with Gasteiger partial charge < -0.3 is 10.2 Å². The number of carbonyl (C=O) groups is 1. The monoisotopic (exact) mass is 216 g/mol. The quantitative estimate of drug-likeness (QED) is 0.732. The van der Waals surface area contributed by atoms with Gasteiger partial charge in [-0.3, -0.25) is 4.79 Å². The molecule has 0 spiro atoms. The van der Waals surface area contributed by atoms with Crippen LogP contribution >= 0.6 is 0 Å². The molecule has 0 saturated carbocycles. The number of pyridine rings is 1. The number of piperazine rings is 1. The van der Waals surface area contributed by atoms with Crippen LogP contribution in [-0.2, 0) is 4.79 Å². The average molecular weight is 216 g/mol. The molecule has 16 heavy (non-hydrogen) atoms. The second-order valence-electron chi connectivity index (χ2n) is 3.67. The number of nitrogens with zero attached hydrogens (tertiary/aromatic N) is 3. The van der Waals surface area contributed by atoms with Crippen molar-refractivity contribution in [2.75, 3.05) is 18.0 Å². The summed E-state index contributed by atoms with van der Waals surface area (Å²) in [5.41, 5.74) is 1.24. The van der Waals surface area contributed by atoms with Crippen LogP contribution < -0.4 is 10.2 Å². The molecule has 0 bridgehead atoms. The van der Waals surface area contributed by atoms with Crippen molar-refractivity contribution >= 4 is 11.6 Å². The molecule has 1 aromatic heterocycles. The maximum Gasteiger partial charge on any atom is 0.242 e. The van der Waals surface area contributed by atoms with E-state index in [0.29, 0.717) is 12.2 Å². The van der Waals surface area contributed by atoms with Gasteiger partial charge in [-0.2, -0.15) is 5.26 Å². The minimum Gasteiger partial charge on any atom is -0.358 e. The van der Waals surface area contributed by atoms with Gasteiger partial charge in [0.2, 0.25) is 5.91 Å². The SMILES string of the molecule is CC1C(=O)NCCN1c1ccnc(C#N)c1. The van der Waals surface area contributed by atoms with Gasteiger partial charge in [0.1, 0.15) is 17.8 Å². The fourth-order valence-corrected chi connectivity index (χ4v) is 1.79. The summed E-state index contributed by atoms with van der Waals surface area (Å²) < 4.78 is 0. The number of hydrogen-bond acceptors (Lipinski definition) is 4. The van der Waals surface area contributed by atoms with Gasteiger partial charge in [0.05, 0.1) is 0 Å². The number of nitrogens with one attached hydrogen (secondary N) is 1. The summed E-state index contributed by atoms with van der Waals surface area (Å²) in [5.74, 6) is 0.0153. The van der Waals surface area contributed by atoms with Crippen LogP contribution in [0.4, 0.5) is 5.69 Å². The van der Waals surface area contributed by atoms with Crippen molar-refractivity contribution in [1.82, 2.24) is 10.3 Å². The van der Waals surface area contributed by atoms with Gasteiger partial charge in [-0.05, 0) is 19.1 Å². The summed E-state index contributed by atoms with van der Waals surface area (Å²) in [4.78, 5) is 17.4. The summed E-state index contributed by atoms with van der Waals surface area (Å²) in [6.07, 6.45) is 1.59. The molecular formula is C11H12N4O. The lowest BCUT2D eigenvalue weighted by atomic mass is 10.1. The van der Waals surface area contributed by atoms with Crippen LogP contribution in [0.1, 0.15) is 12.6 Å². The van der Waals surface area contributed by atoms with Gasteiger partial charge in [0, 0.05) is 25.0 Å². The molecule has 82 valence electrons. The Morgan fingerprint density at radius 2 is 2.50 bits per heavy atom. The normalized spacial score (nSPS) is 20.1. The summed E-state index contributed by atoms with van der Waals surface area (Å²) in [6, 6.07) is 5.31. The highest BCUT2D eigenvalue weighted by Crippen LogP contribution is 2.18. The molecular weight excluding hydrogens is 204 g/mol. The Kier molecular flexibility index (Phi) is 2.73. The van der Waals surface area contributed by atoms with E-state index in [0.717, 1.165) is 12.2 Å². The van der Waals surface area contributed by atoms with Gasteiger partial charge in [0.25, 0.3) is 0 Å². The standard InChI is InChI=1S/C11H12N4O/c1-8-11(16)14-4-5-15(8)10-2-3-13-9(6-10)7-12/h2-3,6,8H,4-5H2,1H3,(H,14,16). The maximum absolute atomic E-state index is 11.5. The third-order valence-corrected chi connectivity index (χ3v) is 2.69. The fourth-order valence-electron chi connectivity index (χ4n) is 1.79. The van der Waals surface area contributed by atoms with E-state index in [4.69, 9.17) is 5.26 Å². The summed E-state index contributed by atoms with van der Waals surface area (Å²) in [5, 5.41) is 11.6. The molecule has 1 fully saturated rings. The van der Waals surface area contributed by atoms with Gasteiger partial charge in [-0.15, -0.1) is 0 Å². The smallest absolute Gasteiger partial charge is 0.242 e. The van der Waals surface area contributed by atoms with Crippen LogP contribution in [0.2, 0.25) is 0 Å². The Hall–Kier alpha value is -2.09. The van der Waals surface area contributed by atoms with E-state index in [-0.39, 0.29) is 11.9 Å². The number of anilines is 1. The van der Waals surface area contributed by atoms with Crippen molar-refractivity contribution < 1.29 is 4.79 Å². The summed E-state index contributed by atoms with van der Waals surface area (Å²) >= 11 is 0. The molecule has 1 N–H and O–H groups in total. The number of aromatic nitrogens is 1. The fraction of sp³-hybridized carbons (Fsp3) is 0.364. The van der Waals surface area contributed by atoms with Crippen molar-refractivity contribution in [2.24, 2.45) is 0 Å². The summed E-state index contributed by atoms with van der Waals surface area (Å²) in [6.45, 7) is 3.23. The van der Waals surface area contributed by atoms with E-state index in [1.807, 2.05) is 24.0 Å². The van der Waals surface area contributed by atoms with E-state index >= 15 is 0 Å². The molecule has 1 aliphatic rings. The first-order valence-corrected chi connectivity index (χ1v) is 5.13. The predicted molar refractivity (Wildman–Crippen MR) is 58.8 cm³/mol. The Morgan fingerprint density at radius 1 is 1.69 bits per heavy atom. The molecule has 1 atom stereocenters. The number of amides is 1. The third kappa shape index (κ3) is 1.82. The highest BCUT2D eigenvalue weighted by Gasteiger charge is 2.25. The third-order valence-electron chi connectivity index (χ3n) is 2.69. The molecule has 1 amide bonds. The highest BCUT2D eigenvalue weighted by atomic mass is 16.2. The molecule has 5 heteroatoms. The van der Waals surface area contributed by atoms with E-state index in [1.54, 1.807) is 12.3 Å². The van der Waals surface area contributed by atoms with E-state index in [2.05, 4.69) is 10.3 Å². The Labute approximate surface area is 93.7 Å². The average Bonchev–Trinajstić information content (AvgIpc) is 2.33. The van der Waals surface area contributed by atoms with E-state index in [9.17, 15) is 4.79 Å². The van der Waals surface area contributed by atoms with Crippen LogP contribution in [0.15, 0.2) is 18.3 Å². The molecule has 1 saturated heterocycles. The second-order valence-corrected chi connectivity index (χ2v) is 3.67. The lowest BCUT2D eigenvalue weighted by molar-refractivity contribution is -0.122. The molecule has 5 nitrogen and oxygen atoms in total. The molecule has 0 radical (unpaired) electrons. The molecule has 1 aliphatic heterocycles. The van der Waals surface area contributed by atoms with E-state index < -0.39 is 0 Å². The van der Waals surface area contributed by atoms with Crippen molar-refractivity contribution in [3.63, 3.8) is 0 Å². The summed E-state index contributed by atoms with van der Waals surface area (Å²) in [7, 11) is 0. The zero-order valence-corrected chi connectivity index (χ0v) is 8.97. The Balaban J connectivity index is 2.29. The molecule has 2 heterocycles. The largest absolute Gasteiger partial charge is 0.358 e. The minimum atomic E-state index is -0.206. The highest BCUT2D eigenvalue weighted by molar-refractivity contribution is 5.86. The van der Waals surface area contributed by atoms with Crippen molar-refractivity contribution in [1.29, 1.82) is 5.26 Å². The van der Waals surface area contributed by atoms with Gasteiger partial charge in [-0.25, -0.2) is 4.98 Å². The minimum absolute atomic E-state index is 0.0153.